The van der Waals surface area contributed by atoms with E-state index in [1.54, 1.807) is 6.07 Å². The van der Waals surface area contributed by atoms with Crippen LogP contribution in [-0.4, -0.2) is 28.5 Å². The van der Waals surface area contributed by atoms with Crippen LogP contribution in [0.4, 0.5) is 4.39 Å². The minimum absolute atomic E-state index is 0.166. The standard InChI is InChI=1S/C17H21FN2/c1-3-12(2)20-8-4-5-15(20)9-13-11-19-17-7-6-14(18)10-16(13)17/h3,6-7,10-12,15,19H,1,4-5,8-9H2,2H3/t12?,15-/m1/s1. The fraction of sp³-hybridized carbons (Fsp3) is 0.412. The van der Waals surface area contributed by atoms with Crippen molar-refractivity contribution >= 4 is 10.9 Å². The van der Waals surface area contributed by atoms with E-state index in [0.717, 1.165) is 23.9 Å². The highest BCUT2D eigenvalue weighted by Crippen LogP contribution is 2.27. The largest absolute Gasteiger partial charge is 0.361 e. The topological polar surface area (TPSA) is 19.0 Å². The third-order valence-corrected chi connectivity index (χ3v) is 4.47. The van der Waals surface area contributed by atoms with Gasteiger partial charge in [0.1, 0.15) is 5.82 Å². The Bertz CT molecular complexity index is 616. The second kappa shape index (κ2) is 5.41. The van der Waals surface area contributed by atoms with Crippen molar-refractivity contribution in [3.05, 3.63) is 48.4 Å². The minimum atomic E-state index is -0.166. The van der Waals surface area contributed by atoms with Gasteiger partial charge in [-0.2, -0.15) is 0 Å². The summed E-state index contributed by atoms with van der Waals surface area (Å²) in [6.45, 7) is 7.23. The number of nitrogens with one attached hydrogen (secondary N) is 1. The first kappa shape index (κ1) is 13.4. The molecule has 2 nitrogen and oxygen atoms in total. The zero-order valence-corrected chi connectivity index (χ0v) is 11.9. The van der Waals surface area contributed by atoms with Crippen LogP contribution < -0.4 is 0 Å². The van der Waals surface area contributed by atoms with Crippen molar-refractivity contribution in [3.8, 4) is 0 Å². The zero-order valence-electron chi connectivity index (χ0n) is 11.9. The van der Waals surface area contributed by atoms with Crippen LogP contribution in [0, 0.1) is 5.82 Å². The number of likely N-dealkylation sites (tertiary alicyclic amines) is 1. The highest BCUT2D eigenvalue weighted by Gasteiger charge is 2.27. The monoisotopic (exact) mass is 272 g/mol. The molecule has 0 aliphatic carbocycles. The van der Waals surface area contributed by atoms with Crippen molar-refractivity contribution in [2.45, 2.75) is 38.3 Å². The fourth-order valence-electron chi connectivity index (χ4n) is 3.32. The van der Waals surface area contributed by atoms with E-state index in [-0.39, 0.29) is 5.82 Å². The number of H-pyrrole nitrogens is 1. The summed E-state index contributed by atoms with van der Waals surface area (Å²) in [5, 5.41) is 1.02. The first-order valence-electron chi connectivity index (χ1n) is 7.33. The van der Waals surface area contributed by atoms with Gasteiger partial charge in [0.2, 0.25) is 0 Å². The molecule has 106 valence electrons. The number of aromatic amines is 1. The third kappa shape index (κ3) is 2.38. The number of halogens is 1. The lowest BCUT2D eigenvalue weighted by atomic mass is 10.0. The Hall–Kier alpha value is -1.61. The summed E-state index contributed by atoms with van der Waals surface area (Å²) in [5.41, 5.74) is 2.23. The van der Waals surface area contributed by atoms with Crippen LogP contribution in [-0.2, 0) is 6.42 Å². The van der Waals surface area contributed by atoms with Gasteiger partial charge in [0.15, 0.2) is 0 Å². The molecule has 3 rings (SSSR count). The Kier molecular flexibility index (Phi) is 3.62. The van der Waals surface area contributed by atoms with Crippen molar-refractivity contribution in [1.82, 2.24) is 9.88 Å². The van der Waals surface area contributed by atoms with Gasteiger partial charge in [0, 0.05) is 29.2 Å². The molecule has 1 N–H and O–H groups in total. The maximum atomic E-state index is 13.4. The predicted molar refractivity (Wildman–Crippen MR) is 81.3 cm³/mol. The summed E-state index contributed by atoms with van der Waals surface area (Å²) in [4.78, 5) is 5.75. The van der Waals surface area contributed by atoms with E-state index in [1.165, 1.54) is 24.5 Å². The summed E-state index contributed by atoms with van der Waals surface area (Å²) in [7, 11) is 0. The van der Waals surface area contributed by atoms with Crippen LogP contribution in [0.2, 0.25) is 0 Å². The number of nitrogens with zero attached hydrogens (tertiary/aromatic N) is 1. The molecule has 1 saturated heterocycles. The van der Waals surface area contributed by atoms with Crippen molar-refractivity contribution in [2.75, 3.05) is 6.54 Å². The quantitative estimate of drug-likeness (QED) is 0.837. The molecule has 1 fully saturated rings. The molecule has 2 atom stereocenters. The molecule has 0 saturated carbocycles. The molecule has 2 heterocycles. The second-order valence-corrected chi connectivity index (χ2v) is 5.72. The van der Waals surface area contributed by atoms with E-state index in [2.05, 4.69) is 23.4 Å². The lowest BCUT2D eigenvalue weighted by molar-refractivity contribution is 0.221. The molecular weight excluding hydrogens is 251 g/mol. The molecule has 1 unspecified atom stereocenters. The molecule has 0 spiro atoms. The van der Waals surface area contributed by atoms with Crippen LogP contribution in [0.15, 0.2) is 37.1 Å². The van der Waals surface area contributed by atoms with Crippen LogP contribution in [0.5, 0.6) is 0 Å². The first-order valence-corrected chi connectivity index (χ1v) is 7.33. The summed E-state index contributed by atoms with van der Waals surface area (Å²) >= 11 is 0. The highest BCUT2D eigenvalue weighted by molar-refractivity contribution is 5.83. The Balaban J connectivity index is 1.85. The molecule has 20 heavy (non-hydrogen) atoms. The SMILES string of the molecule is C=CC(C)N1CCC[C@@H]1Cc1c[nH]c2ccc(F)cc12. The molecule has 2 aromatic rings. The van der Waals surface area contributed by atoms with Gasteiger partial charge >= 0.3 is 0 Å². The smallest absolute Gasteiger partial charge is 0.123 e. The number of fused-ring (bicyclic) bond motifs is 1. The Labute approximate surface area is 119 Å². The van der Waals surface area contributed by atoms with Gasteiger partial charge in [0.05, 0.1) is 0 Å². The van der Waals surface area contributed by atoms with Gasteiger partial charge in [-0.25, -0.2) is 4.39 Å². The minimum Gasteiger partial charge on any atom is -0.361 e. The maximum absolute atomic E-state index is 13.4. The third-order valence-electron chi connectivity index (χ3n) is 4.47. The molecule has 0 radical (unpaired) electrons. The molecule has 1 aliphatic rings. The normalized spacial score (nSPS) is 21.4. The van der Waals surface area contributed by atoms with Crippen LogP contribution in [0.1, 0.15) is 25.3 Å². The number of aromatic nitrogens is 1. The molecular formula is C17H21FN2. The number of benzene rings is 1. The van der Waals surface area contributed by atoms with Gasteiger partial charge in [-0.3, -0.25) is 4.90 Å². The summed E-state index contributed by atoms with van der Waals surface area (Å²) < 4.78 is 13.4. The Morgan fingerprint density at radius 2 is 2.40 bits per heavy atom. The predicted octanol–water partition coefficient (Wildman–Crippen LogP) is 3.89. The Morgan fingerprint density at radius 3 is 3.20 bits per heavy atom. The first-order chi connectivity index (χ1) is 9.69. The Morgan fingerprint density at radius 1 is 1.55 bits per heavy atom. The molecule has 0 bridgehead atoms. The van der Waals surface area contributed by atoms with Gasteiger partial charge in [-0.1, -0.05) is 6.08 Å². The zero-order chi connectivity index (χ0) is 14.1. The molecule has 1 aromatic carbocycles. The van der Waals surface area contributed by atoms with E-state index in [4.69, 9.17) is 0 Å². The highest BCUT2D eigenvalue weighted by atomic mass is 19.1. The number of hydrogen-bond donors (Lipinski definition) is 1. The van der Waals surface area contributed by atoms with Gasteiger partial charge < -0.3 is 4.98 Å². The molecule has 1 aromatic heterocycles. The lowest BCUT2D eigenvalue weighted by Gasteiger charge is -2.28. The van der Waals surface area contributed by atoms with Gasteiger partial charge in [-0.15, -0.1) is 6.58 Å². The number of hydrogen-bond acceptors (Lipinski definition) is 1. The van der Waals surface area contributed by atoms with E-state index in [9.17, 15) is 4.39 Å². The van der Waals surface area contributed by atoms with E-state index < -0.39 is 0 Å². The van der Waals surface area contributed by atoms with Crippen LogP contribution in [0.25, 0.3) is 10.9 Å². The van der Waals surface area contributed by atoms with Crippen molar-refractivity contribution in [1.29, 1.82) is 0 Å². The van der Waals surface area contributed by atoms with Gasteiger partial charge in [0.25, 0.3) is 0 Å². The van der Waals surface area contributed by atoms with Gasteiger partial charge in [-0.05, 0) is 56.5 Å². The second-order valence-electron chi connectivity index (χ2n) is 5.72. The summed E-state index contributed by atoms with van der Waals surface area (Å²) in [6, 6.07) is 5.89. The van der Waals surface area contributed by atoms with E-state index in [1.807, 2.05) is 18.3 Å². The lowest BCUT2D eigenvalue weighted by Crippen LogP contribution is -2.37. The summed E-state index contributed by atoms with van der Waals surface area (Å²) in [6.07, 6.45) is 7.45. The molecule has 0 amide bonds. The fourth-order valence-corrected chi connectivity index (χ4v) is 3.32. The molecule has 3 heteroatoms. The maximum Gasteiger partial charge on any atom is 0.123 e. The van der Waals surface area contributed by atoms with Crippen molar-refractivity contribution in [3.63, 3.8) is 0 Å². The molecule has 1 aliphatic heterocycles. The average molecular weight is 272 g/mol. The van der Waals surface area contributed by atoms with Crippen molar-refractivity contribution < 1.29 is 4.39 Å². The van der Waals surface area contributed by atoms with Crippen LogP contribution in [0.3, 0.4) is 0 Å². The number of rotatable bonds is 4. The van der Waals surface area contributed by atoms with E-state index in [0.29, 0.717) is 12.1 Å². The van der Waals surface area contributed by atoms with Crippen LogP contribution >= 0.6 is 0 Å². The summed E-state index contributed by atoms with van der Waals surface area (Å²) in [5.74, 6) is -0.166. The van der Waals surface area contributed by atoms with Crippen molar-refractivity contribution in [2.24, 2.45) is 0 Å². The average Bonchev–Trinajstić information content (AvgIpc) is 3.06. The van der Waals surface area contributed by atoms with E-state index >= 15 is 0 Å².